The topological polar surface area (TPSA) is 69.4 Å². The van der Waals surface area contributed by atoms with Crippen molar-refractivity contribution in [2.45, 2.75) is 25.5 Å². The van der Waals surface area contributed by atoms with Gasteiger partial charge in [-0.3, -0.25) is 9.59 Å². The summed E-state index contributed by atoms with van der Waals surface area (Å²) < 4.78 is 5.04. The van der Waals surface area contributed by atoms with Crippen molar-refractivity contribution in [3.8, 4) is 0 Å². The van der Waals surface area contributed by atoms with E-state index in [9.17, 15) is 9.59 Å². The molecule has 0 fully saturated rings. The van der Waals surface area contributed by atoms with Crippen LogP contribution in [-0.2, 0) is 20.9 Å². The summed E-state index contributed by atoms with van der Waals surface area (Å²) in [5, 5.41) is 0. The van der Waals surface area contributed by atoms with Gasteiger partial charge in [0, 0.05) is 6.42 Å². The largest absolute Gasteiger partial charge is 0.460 e. The minimum absolute atomic E-state index is 0.00564. The van der Waals surface area contributed by atoms with Gasteiger partial charge >= 0.3 is 5.97 Å². The van der Waals surface area contributed by atoms with E-state index in [-0.39, 0.29) is 10.4 Å². The van der Waals surface area contributed by atoms with Crippen LogP contribution in [0, 0.1) is 0 Å². The smallest absolute Gasteiger partial charge is 0.323 e. The minimum Gasteiger partial charge on any atom is -0.460 e. The molecule has 17 heavy (non-hydrogen) atoms. The van der Waals surface area contributed by atoms with Crippen LogP contribution in [0.4, 0.5) is 0 Å². The van der Waals surface area contributed by atoms with E-state index in [1.165, 1.54) is 0 Å². The standard InChI is InChI=1S/C12H14INO3/c13-11(15)7-6-10(14)12(16)17-8-9-4-2-1-3-5-9/h1-5,10H,6-8,14H2/t10-/m1/s1. The average molecular weight is 347 g/mol. The lowest BCUT2D eigenvalue weighted by Crippen LogP contribution is -2.32. The highest BCUT2D eigenvalue weighted by Gasteiger charge is 2.15. The van der Waals surface area contributed by atoms with E-state index in [0.29, 0.717) is 12.8 Å². The zero-order chi connectivity index (χ0) is 12.7. The molecule has 0 saturated heterocycles. The van der Waals surface area contributed by atoms with E-state index < -0.39 is 12.0 Å². The van der Waals surface area contributed by atoms with Crippen LogP contribution < -0.4 is 5.73 Å². The Morgan fingerprint density at radius 1 is 1.29 bits per heavy atom. The summed E-state index contributed by atoms with van der Waals surface area (Å²) in [5.41, 5.74) is 6.51. The Morgan fingerprint density at radius 3 is 2.53 bits per heavy atom. The van der Waals surface area contributed by atoms with Crippen LogP contribution in [-0.4, -0.2) is 15.8 Å². The molecule has 0 saturated carbocycles. The van der Waals surface area contributed by atoms with E-state index in [0.717, 1.165) is 5.56 Å². The number of esters is 1. The predicted molar refractivity (Wildman–Crippen MR) is 72.5 cm³/mol. The second-order valence-corrected chi connectivity index (χ2v) is 4.80. The summed E-state index contributed by atoms with van der Waals surface area (Å²) >= 11 is 1.68. The summed E-state index contributed by atoms with van der Waals surface area (Å²) in [7, 11) is 0. The molecule has 92 valence electrons. The van der Waals surface area contributed by atoms with Gasteiger partial charge in [-0.2, -0.15) is 0 Å². The molecule has 5 heteroatoms. The van der Waals surface area contributed by atoms with Crippen molar-refractivity contribution in [3.63, 3.8) is 0 Å². The fraction of sp³-hybridized carbons (Fsp3) is 0.333. The van der Waals surface area contributed by atoms with Crippen molar-refractivity contribution < 1.29 is 14.3 Å². The van der Waals surface area contributed by atoms with Crippen molar-refractivity contribution in [1.82, 2.24) is 0 Å². The SMILES string of the molecule is N[C@H](CCC(=O)I)C(=O)OCc1ccccc1. The Bertz CT molecular complexity index is 381. The zero-order valence-corrected chi connectivity index (χ0v) is 11.4. The van der Waals surface area contributed by atoms with Crippen LogP contribution in [0.15, 0.2) is 30.3 Å². The lowest BCUT2D eigenvalue weighted by atomic mass is 10.2. The van der Waals surface area contributed by atoms with Gasteiger partial charge in [0.05, 0.1) is 0 Å². The lowest BCUT2D eigenvalue weighted by Gasteiger charge is -2.10. The highest BCUT2D eigenvalue weighted by Crippen LogP contribution is 2.05. The summed E-state index contributed by atoms with van der Waals surface area (Å²) in [6, 6.07) is 8.65. The fourth-order valence-electron chi connectivity index (χ4n) is 1.22. The first-order valence-electron chi connectivity index (χ1n) is 5.24. The third kappa shape index (κ3) is 5.78. The number of ether oxygens (including phenoxy) is 1. The maximum atomic E-state index is 11.5. The molecular weight excluding hydrogens is 333 g/mol. The summed E-state index contributed by atoms with van der Waals surface area (Å²) in [6.07, 6.45) is 0.623. The van der Waals surface area contributed by atoms with Crippen LogP contribution >= 0.6 is 22.6 Å². The van der Waals surface area contributed by atoms with Gasteiger partial charge in [-0.05, 0) is 34.6 Å². The molecule has 4 nitrogen and oxygen atoms in total. The Kier molecular flexibility index (Phi) is 6.13. The van der Waals surface area contributed by atoms with Crippen LogP contribution in [0.25, 0.3) is 0 Å². The first-order valence-corrected chi connectivity index (χ1v) is 6.32. The van der Waals surface area contributed by atoms with Gasteiger partial charge in [0.1, 0.15) is 12.6 Å². The molecule has 0 unspecified atom stereocenters. The van der Waals surface area contributed by atoms with Gasteiger partial charge in [-0.1, -0.05) is 30.3 Å². The molecule has 0 aromatic heterocycles. The average Bonchev–Trinajstić information content (AvgIpc) is 2.34. The number of hydrogen-bond acceptors (Lipinski definition) is 4. The molecule has 0 heterocycles. The molecule has 0 radical (unpaired) electrons. The van der Waals surface area contributed by atoms with E-state index in [1.54, 1.807) is 22.6 Å². The quantitative estimate of drug-likeness (QED) is 0.484. The summed E-state index contributed by atoms with van der Waals surface area (Å²) in [6.45, 7) is 0.214. The number of nitrogens with two attached hydrogens (primary N) is 1. The van der Waals surface area contributed by atoms with Crippen molar-refractivity contribution in [2.24, 2.45) is 5.73 Å². The third-order valence-electron chi connectivity index (χ3n) is 2.18. The molecule has 0 amide bonds. The molecule has 1 aromatic rings. The molecular formula is C12H14INO3. The summed E-state index contributed by atoms with van der Waals surface area (Å²) in [4.78, 5) is 22.2. The highest BCUT2D eigenvalue weighted by molar-refractivity contribution is 14.1. The van der Waals surface area contributed by atoms with Crippen molar-refractivity contribution in [3.05, 3.63) is 35.9 Å². The zero-order valence-electron chi connectivity index (χ0n) is 9.27. The number of benzene rings is 1. The number of carbonyl (C=O) groups excluding carboxylic acids is 2. The molecule has 1 aromatic carbocycles. The van der Waals surface area contributed by atoms with E-state index in [2.05, 4.69) is 0 Å². The Morgan fingerprint density at radius 2 is 1.94 bits per heavy atom. The Hall–Kier alpha value is -0.950. The minimum atomic E-state index is -0.725. The van der Waals surface area contributed by atoms with Crippen LogP contribution in [0.2, 0.25) is 0 Å². The Labute approximate surface area is 114 Å². The Balaban J connectivity index is 2.32. The predicted octanol–water partition coefficient (Wildman–Crippen LogP) is 1.80. The van der Waals surface area contributed by atoms with Crippen molar-refractivity contribution in [2.75, 3.05) is 0 Å². The molecule has 0 aliphatic carbocycles. The van der Waals surface area contributed by atoms with Crippen molar-refractivity contribution >= 4 is 32.4 Å². The summed E-state index contributed by atoms with van der Waals surface area (Å²) in [5.74, 6) is -0.466. The molecule has 0 aliphatic heterocycles. The monoisotopic (exact) mass is 347 g/mol. The maximum absolute atomic E-state index is 11.5. The number of halogens is 1. The van der Waals surface area contributed by atoms with E-state index >= 15 is 0 Å². The second-order valence-electron chi connectivity index (χ2n) is 3.59. The van der Waals surface area contributed by atoms with Gasteiger partial charge in [0.15, 0.2) is 3.79 Å². The molecule has 1 rings (SSSR count). The molecule has 2 N–H and O–H groups in total. The van der Waals surface area contributed by atoms with Crippen LogP contribution in [0.1, 0.15) is 18.4 Å². The molecule has 0 spiro atoms. The molecule has 0 bridgehead atoms. The lowest BCUT2D eigenvalue weighted by molar-refractivity contribution is -0.146. The second kappa shape index (κ2) is 7.39. The van der Waals surface area contributed by atoms with E-state index in [1.807, 2.05) is 30.3 Å². The van der Waals surface area contributed by atoms with Gasteiger partial charge < -0.3 is 10.5 Å². The molecule has 1 atom stereocenters. The fourth-order valence-corrected chi connectivity index (χ4v) is 1.53. The van der Waals surface area contributed by atoms with Crippen LogP contribution in [0.3, 0.4) is 0 Å². The van der Waals surface area contributed by atoms with Crippen molar-refractivity contribution in [1.29, 1.82) is 0 Å². The third-order valence-corrected chi connectivity index (χ3v) is 2.72. The van der Waals surface area contributed by atoms with Gasteiger partial charge in [0.25, 0.3) is 0 Å². The number of rotatable bonds is 6. The normalized spacial score (nSPS) is 11.9. The number of carbonyl (C=O) groups is 2. The van der Waals surface area contributed by atoms with Gasteiger partial charge in [0.2, 0.25) is 0 Å². The number of hydrogen-bond donors (Lipinski definition) is 1. The molecule has 0 aliphatic rings. The van der Waals surface area contributed by atoms with Crippen LogP contribution in [0.5, 0.6) is 0 Å². The first kappa shape index (κ1) is 14.1. The maximum Gasteiger partial charge on any atom is 0.323 e. The van der Waals surface area contributed by atoms with Gasteiger partial charge in [-0.25, -0.2) is 0 Å². The first-order chi connectivity index (χ1) is 8.09. The highest BCUT2D eigenvalue weighted by atomic mass is 127. The van der Waals surface area contributed by atoms with Gasteiger partial charge in [-0.15, -0.1) is 0 Å². The van der Waals surface area contributed by atoms with E-state index in [4.69, 9.17) is 10.5 Å².